The van der Waals surface area contributed by atoms with Crippen molar-refractivity contribution in [1.82, 2.24) is 4.90 Å². The molecule has 4 nitrogen and oxygen atoms in total. The average molecular weight is 502 g/mol. The van der Waals surface area contributed by atoms with Crippen molar-refractivity contribution < 1.29 is 19.0 Å². The minimum Gasteiger partial charge on any atom is -0.489 e. The lowest BCUT2D eigenvalue weighted by molar-refractivity contribution is 0.0696. The van der Waals surface area contributed by atoms with Gasteiger partial charge in [-0.05, 0) is 85.1 Å². The van der Waals surface area contributed by atoms with Gasteiger partial charge < -0.3 is 9.84 Å². The number of hydrogen-bond acceptors (Lipinski definition) is 3. The molecule has 0 saturated carbocycles. The number of nitrogens with zero attached hydrogens (tertiary/aromatic N) is 1. The first kappa shape index (κ1) is 23.0. The molecule has 2 aromatic carbocycles. The van der Waals surface area contributed by atoms with E-state index < -0.39 is 5.97 Å². The second-order valence-corrected chi connectivity index (χ2v) is 9.57. The van der Waals surface area contributed by atoms with Crippen LogP contribution in [0.3, 0.4) is 0 Å². The maximum absolute atomic E-state index is 12.5. The first-order valence-corrected chi connectivity index (χ1v) is 12.1. The van der Waals surface area contributed by atoms with E-state index in [1.165, 1.54) is 0 Å². The molecule has 1 saturated heterocycles. The molecule has 0 radical (unpaired) electrons. The van der Waals surface area contributed by atoms with E-state index in [9.17, 15) is 14.3 Å². The monoisotopic (exact) mass is 501 g/mol. The topological polar surface area (TPSA) is 49.8 Å². The molecule has 0 spiro atoms. The highest BCUT2D eigenvalue weighted by atomic mass is 79.9. The van der Waals surface area contributed by atoms with Crippen LogP contribution in [0.1, 0.15) is 58.3 Å². The van der Waals surface area contributed by atoms with Crippen LogP contribution < -0.4 is 4.74 Å². The van der Waals surface area contributed by atoms with E-state index in [-0.39, 0.29) is 12.8 Å². The fourth-order valence-electron chi connectivity index (χ4n) is 4.75. The van der Waals surface area contributed by atoms with Crippen LogP contribution in [0.25, 0.3) is 5.57 Å². The van der Waals surface area contributed by atoms with Gasteiger partial charge in [-0.25, -0.2) is 4.79 Å². The highest BCUT2D eigenvalue weighted by molar-refractivity contribution is 9.11. The molecule has 0 unspecified atom stereocenters. The van der Waals surface area contributed by atoms with Crippen molar-refractivity contribution in [2.45, 2.75) is 45.1 Å². The van der Waals surface area contributed by atoms with Gasteiger partial charge in [0.25, 0.3) is 0 Å². The molecule has 2 aliphatic rings. The summed E-state index contributed by atoms with van der Waals surface area (Å²) in [6.07, 6.45) is 4.35. The van der Waals surface area contributed by atoms with Gasteiger partial charge in [0.1, 0.15) is 11.9 Å². The van der Waals surface area contributed by atoms with E-state index in [0.717, 1.165) is 83.4 Å². The van der Waals surface area contributed by atoms with Gasteiger partial charge in [0.15, 0.2) is 0 Å². The predicted octanol–water partition coefficient (Wildman–Crippen LogP) is 6.00. The smallest absolute Gasteiger partial charge is 0.335 e. The minimum absolute atomic E-state index is 0.112. The van der Waals surface area contributed by atoms with Crippen LogP contribution in [-0.2, 0) is 6.42 Å². The fraction of sp³-hybridized carbons (Fsp3) is 0.423. The molecule has 170 valence electrons. The Labute approximate surface area is 197 Å². The van der Waals surface area contributed by atoms with Gasteiger partial charge in [-0.2, -0.15) is 0 Å². The second-order valence-electron chi connectivity index (χ2n) is 8.61. The lowest BCUT2D eigenvalue weighted by Gasteiger charge is -2.21. The predicted molar refractivity (Wildman–Crippen MR) is 129 cm³/mol. The van der Waals surface area contributed by atoms with Gasteiger partial charge in [0.05, 0.1) is 12.2 Å². The van der Waals surface area contributed by atoms with Gasteiger partial charge in [0.2, 0.25) is 0 Å². The van der Waals surface area contributed by atoms with Crippen molar-refractivity contribution in [2.75, 3.05) is 26.3 Å². The van der Waals surface area contributed by atoms with Crippen molar-refractivity contribution in [1.29, 1.82) is 0 Å². The van der Waals surface area contributed by atoms with Crippen LogP contribution in [0, 0.1) is 6.92 Å². The van der Waals surface area contributed by atoms with Crippen molar-refractivity contribution in [2.24, 2.45) is 0 Å². The summed E-state index contributed by atoms with van der Waals surface area (Å²) >= 11 is 3.82. The molecule has 32 heavy (non-hydrogen) atoms. The molecular formula is C26H29BrFNO3. The molecule has 4 rings (SSSR count). The number of alkyl halides is 1. The Morgan fingerprint density at radius 2 is 2.09 bits per heavy atom. The first-order chi connectivity index (χ1) is 15.5. The van der Waals surface area contributed by atoms with Crippen LogP contribution in [-0.4, -0.2) is 48.4 Å². The number of hydrogen-bond donors (Lipinski definition) is 1. The van der Waals surface area contributed by atoms with Crippen LogP contribution in [0.4, 0.5) is 4.39 Å². The molecule has 1 heterocycles. The molecule has 1 aliphatic heterocycles. The van der Waals surface area contributed by atoms with E-state index in [2.05, 4.69) is 33.8 Å². The van der Waals surface area contributed by atoms with E-state index in [1.54, 1.807) is 6.07 Å². The quantitative estimate of drug-likeness (QED) is 0.505. The number of ether oxygens (including phenoxy) is 1. The number of likely N-dealkylation sites (tertiary alicyclic amines) is 1. The zero-order valence-electron chi connectivity index (χ0n) is 18.4. The Kier molecular flexibility index (Phi) is 7.31. The molecule has 0 amide bonds. The summed E-state index contributed by atoms with van der Waals surface area (Å²) < 4.78 is 20.0. The third-order valence-corrected chi connectivity index (χ3v) is 7.21. The molecule has 2 aromatic rings. The Morgan fingerprint density at radius 3 is 2.88 bits per heavy atom. The number of carboxylic acid groups (broad SMARTS) is 1. The molecule has 6 heteroatoms. The molecule has 1 atom stereocenters. The van der Waals surface area contributed by atoms with Crippen LogP contribution in [0.2, 0.25) is 0 Å². The summed E-state index contributed by atoms with van der Waals surface area (Å²) in [7, 11) is 0. The number of allylic oxidation sites excluding steroid dienone is 1. The standard InChI is InChI=1S/C26H29BrFNO3/c1-17-21(6-3-8-24(17)32-20-11-14-29(16-20)13-4-12-28)25-22-10-9-19(26(30)31)15-18(22)5-2-7-23(25)27/h3,6,8-10,15,20H,2,4-5,7,11-14,16H2,1H3,(H,30,31)/t20-/m1/s1. The van der Waals surface area contributed by atoms with E-state index in [1.807, 2.05) is 24.3 Å². The van der Waals surface area contributed by atoms with Gasteiger partial charge in [-0.1, -0.05) is 34.1 Å². The van der Waals surface area contributed by atoms with Gasteiger partial charge in [0, 0.05) is 24.1 Å². The Morgan fingerprint density at radius 1 is 1.25 bits per heavy atom. The normalized spacial score (nSPS) is 19.0. The van der Waals surface area contributed by atoms with Crippen molar-refractivity contribution in [3.63, 3.8) is 0 Å². The Balaban J connectivity index is 1.64. The molecule has 1 aliphatic carbocycles. The maximum Gasteiger partial charge on any atom is 0.335 e. The second kappa shape index (κ2) is 10.2. The third kappa shape index (κ3) is 4.91. The molecular weight excluding hydrogens is 473 g/mol. The number of benzene rings is 2. The summed E-state index contributed by atoms with van der Waals surface area (Å²) in [6.45, 7) is 4.37. The minimum atomic E-state index is -0.898. The number of halogens is 2. The van der Waals surface area contributed by atoms with Crippen LogP contribution in [0.15, 0.2) is 40.9 Å². The van der Waals surface area contributed by atoms with Gasteiger partial charge in [-0.15, -0.1) is 0 Å². The van der Waals surface area contributed by atoms with E-state index in [0.29, 0.717) is 12.0 Å². The van der Waals surface area contributed by atoms with Gasteiger partial charge in [-0.3, -0.25) is 9.29 Å². The fourth-order valence-corrected chi connectivity index (χ4v) is 5.45. The summed E-state index contributed by atoms with van der Waals surface area (Å²) in [4.78, 5) is 13.7. The number of fused-ring (bicyclic) bond motifs is 1. The molecule has 1 N–H and O–H groups in total. The number of carbonyl (C=O) groups is 1. The Bertz CT molecular complexity index is 1040. The average Bonchev–Trinajstić information content (AvgIpc) is 3.15. The number of aryl methyl sites for hydroxylation is 1. The molecule has 0 aromatic heterocycles. The highest BCUT2D eigenvalue weighted by Gasteiger charge is 2.25. The first-order valence-electron chi connectivity index (χ1n) is 11.3. The lowest BCUT2D eigenvalue weighted by Crippen LogP contribution is -2.26. The van der Waals surface area contributed by atoms with Crippen molar-refractivity contribution in [3.05, 3.63) is 68.7 Å². The van der Waals surface area contributed by atoms with E-state index >= 15 is 0 Å². The number of rotatable bonds is 7. The summed E-state index contributed by atoms with van der Waals surface area (Å²) in [5, 5.41) is 9.41. The highest BCUT2D eigenvalue weighted by Crippen LogP contribution is 2.41. The number of aromatic carboxylic acids is 1. The third-order valence-electron chi connectivity index (χ3n) is 6.42. The molecule has 0 bridgehead atoms. The summed E-state index contributed by atoms with van der Waals surface area (Å²) in [6, 6.07) is 11.6. The van der Waals surface area contributed by atoms with Crippen LogP contribution >= 0.6 is 15.9 Å². The Hall–Kier alpha value is -2.18. The lowest BCUT2D eigenvalue weighted by atomic mass is 9.90. The van der Waals surface area contributed by atoms with Gasteiger partial charge >= 0.3 is 5.97 Å². The zero-order valence-corrected chi connectivity index (χ0v) is 20.0. The summed E-state index contributed by atoms with van der Waals surface area (Å²) in [5.74, 6) is -0.0223. The largest absolute Gasteiger partial charge is 0.489 e. The SMILES string of the molecule is Cc1c(O[C@@H]2CCN(CCCF)C2)cccc1C1=C(Br)CCCc2cc(C(=O)O)ccc21. The van der Waals surface area contributed by atoms with E-state index in [4.69, 9.17) is 4.74 Å². The van der Waals surface area contributed by atoms with Crippen molar-refractivity contribution >= 4 is 27.5 Å². The van der Waals surface area contributed by atoms with Crippen molar-refractivity contribution in [3.8, 4) is 5.75 Å². The molecule has 1 fully saturated rings. The zero-order chi connectivity index (χ0) is 22.7. The maximum atomic E-state index is 12.5. The summed E-state index contributed by atoms with van der Waals surface area (Å²) in [5.41, 5.74) is 5.78. The van der Waals surface area contributed by atoms with Crippen LogP contribution in [0.5, 0.6) is 5.75 Å². The number of carboxylic acids is 1.